The molecule has 1 aliphatic heterocycles. The van der Waals surface area contributed by atoms with Crippen LogP contribution < -0.4 is 5.32 Å². The van der Waals surface area contributed by atoms with Gasteiger partial charge >= 0.3 is 0 Å². The summed E-state index contributed by atoms with van der Waals surface area (Å²) in [6, 6.07) is 11.1. The summed E-state index contributed by atoms with van der Waals surface area (Å²) < 4.78 is 33.2. The standard InChI is InChI=1S/C24H24F2N4O2/c25-20-3-1-2-17(10-20)13-27-23(31)12-19-14-28-24(29-15-19)21-5-4-18(11-22(21)26)16-30-6-8-32-9-7-30/h1-5,10-11,14-15H,6-9,12-13,16H2,(H,27,31). The lowest BCUT2D eigenvalue weighted by Gasteiger charge is -2.26. The highest BCUT2D eigenvalue weighted by Gasteiger charge is 2.14. The summed E-state index contributed by atoms with van der Waals surface area (Å²) in [5, 5.41) is 2.74. The lowest BCUT2D eigenvalue weighted by Crippen LogP contribution is -2.35. The van der Waals surface area contributed by atoms with Gasteiger partial charge in [0.05, 0.1) is 25.2 Å². The van der Waals surface area contributed by atoms with Crippen LogP contribution in [-0.4, -0.2) is 47.1 Å². The normalized spacial score (nSPS) is 14.3. The maximum Gasteiger partial charge on any atom is 0.224 e. The minimum absolute atomic E-state index is 0.0799. The fourth-order valence-corrected chi connectivity index (χ4v) is 3.54. The molecule has 3 aromatic rings. The van der Waals surface area contributed by atoms with E-state index in [4.69, 9.17) is 4.74 Å². The molecule has 166 valence electrons. The minimum atomic E-state index is -0.378. The molecule has 0 bridgehead atoms. The van der Waals surface area contributed by atoms with E-state index in [-0.39, 0.29) is 36.3 Å². The number of rotatable bonds is 7. The van der Waals surface area contributed by atoms with Gasteiger partial charge in [0.25, 0.3) is 0 Å². The second-order valence-electron chi connectivity index (χ2n) is 7.70. The quantitative estimate of drug-likeness (QED) is 0.614. The third kappa shape index (κ3) is 5.93. The molecule has 6 nitrogen and oxygen atoms in total. The molecule has 1 aromatic heterocycles. The number of carbonyl (C=O) groups excluding carboxylic acids is 1. The van der Waals surface area contributed by atoms with E-state index in [2.05, 4.69) is 20.2 Å². The smallest absolute Gasteiger partial charge is 0.224 e. The van der Waals surface area contributed by atoms with Gasteiger partial charge < -0.3 is 10.1 Å². The highest BCUT2D eigenvalue weighted by molar-refractivity contribution is 5.78. The topological polar surface area (TPSA) is 67.4 Å². The first-order chi connectivity index (χ1) is 15.6. The van der Waals surface area contributed by atoms with E-state index in [1.54, 1.807) is 18.2 Å². The lowest BCUT2D eigenvalue weighted by molar-refractivity contribution is -0.120. The number of carbonyl (C=O) groups is 1. The molecule has 0 saturated carbocycles. The van der Waals surface area contributed by atoms with E-state index in [1.165, 1.54) is 30.6 Å². The van der Waals surface area contributed by atoms with E-state index >= 15 is 0 Å². The Hall–Kier alpha value is -3.23. The molecule has 8 heteroatoms. The van der Waals surface area contributed by atoms with Gasteiger partial charge in [0.15, 0.2) is 5.82 Å². The molecule has 0 unspecified atom stereocenters. The van der Waals surface area contributed by atoms with Gasteiger partial charge in [-0.1, -0.05) is 18.2 Å². The fourth-order valence-electron chi connectivity index (χ4n) is 3.54. The van der Waals surface area contributed by atoms with Crippen LogP contribution in [0.4, 0.5) is 8.78 Å². The number of nitrogens with one attached hydrogen (secondary N) is 1. The van der Waals surface area contributed by atoms with Gasteiger partial charge in [-0.3, -0.25) is 9.69 Å². The lowest BCUT2D eigenvalue weighted by atomic mass is 10.1. The van der Waals surface area contributed by atoms with Crippen LogP contribution in [-0.2, 0) is 29.0 Å². The van der Waals surface area contributed by atoms with Crippen molar-refractivity contribution >= 4 is 5.91 Å². The summed E-state index contributed by atoms with van der Waals surface area (Å²) in [4.78, 5) is 22.8. The van der Waals surface area contributed by atoms with Crippen molar-refractivity contribution in [2.24, 2.45) is 0 Å². The van der Waals surface area contributed by atoms with Crippen molar-refractivity contribution in [2.75, 3.05) is 26.3 Å². The highest BCUT2D eigenvalue weighted by Crippen LogP contribution is 2.21. The molecule has 0 aliphatic carbocycles. The number of ether oxygens (including phenoxy) is 1. The van der Waals surface area contributed by atoms with E-state index < -0.39 is 0 Å². The molecular weight excluding hydrogens is 414 g/mol. The number of amides is 1. The summed E-state index contributed by atoms with van der Waals surface area (Å²) in [5.41, 5.74) is 2.49. The molecule has 1 saturated heterocycles. The zero-order valence-corrected chi connectivity index (χ0v) is 17.6. The fraction of sp³-hybridized carbons (Fsp3) is 0.292. The Morgan fingerprint density at radius 3 is 2.50 bits per heavy atom. The molecule has 32 heavy (non-hydrogen) atoms. The monoisotopic (exact) mass is 438 g/mol. The summed E-state index contributed by atoms with van der Waals surface area (Å²) >= 11 is 0. The van der Waals surface area contributed by atoms with Crippen LogP contribution in [0.3, 0.4) is 0 Å². The number of aromatic nitrogens is 2. The molecule has 2 aromatic carbocycles. The third-order valence-corrected chi connectivity index (χ3v) is 5.23. The zero-order chi connectivity index (χ0) is 22.3. The van der Waals surface area contributed by atoms with Gasteiger partial charge in [0.2, 0.25) is 5.91 Å². The predicted octanol–water partition coefficient (Wildman–Crippen LogP) is 3.11. The van der Waals surface area contributed by atoms with Crippen LogP contribution in [0.2, 0.25) is 0 Å². The maximum absolute atomic E-state index is 14.7. The average molecular weight is 438 g/mol. The van der Waals surface area contributed by atoms with Gasteiger partial charge in [-0.15, -0.1) is 0 Å². The van der Waals surface area contributed by atoms with E-state index in [9.17, 15) is 13.6 Å². The Kier molecular flexibility index (Phi) is 7.14. The summed E-state index contributed by atoms with van der Waals surface area (Å²) in [5.74, 6) is -0.688. The molecule has 4 rings (SSSR count). The second-order valence-corrected chi connectivity index (χ2v) is 7.70. The molecule has 0 spiro atoms. The number of halogens is 2. The summed E-state index contributed by atoms with van der Waals surface area (Å²) in [7, 11) is 0. The van der Waals surface area contributed by atoms with Crippen LogP contribution in [0.15, 0.2) is 54.9 Å². The summed E-state index contributed by atoms with van der Waals surface area (Å²) in [6.07, 6.45) is 3.12. The number of morpholine rings is 1. The Labute approximate surface area is 185 Å². The third-order valence-electron chi connectivity index (χ3n) is 5.23. The van der Waals surface area contributed by atoms with Crippen LogP contribution in [0.25, 0.3) is 11.4 Å². The Morgan fingerprint density at radius 2 is 1.78 bits per heavy atom. The number of hydrogen-bond donors (Lipinski definition) is 1. The maximum atomic E-state index is 14.7. The van der Waals surface area contributed by atoms with E-state index in [1.807, 2.05) is 6.07 Å². The number of hydrogen-bond acceptors (Lipinski definition) is 5. The van der Waals surface area contributed by atoms with Gasteiger partial charge in [-0.2, -0.15) is 0 Å². The number of benzene rings is 2. The summed E-state index contributed by atoms with van der Waals surface area (Å²) in [6.45, 7) is 3.98. The van der Waals surface area contributed by atoms with Crippen molar-refractivity contribution in [3.05, 3.63) is 83.2 Å². The molecule has 1 fully saturated rings. The molecule has 2 heterocycles. The van der Waals surface area contributed by atoms with Gasteiger partial charge in [0, 0.05) is 38.6 Å². The zero-order valence-electron chi connectivity index (χ0n) is 17.6. The molecule has 1 amide bonds. The average Bonchev–Trinajstić information content (AvgIpc) is 2.79. The molecule has 1 N–H and O–H groups in total. The first-order valence-electron chi connectivity index (χ1n) is 10.5. The highest BCUT2D eigenvalue weighted by atomic mass is 19.1. The molecule has 1 aliphatic rings. The van der Waals surface area contributed by atoms with Crippen molar-refractivity contribution in [3.8, 4) is 11.4 Å². The first-order valence-corrected chi connectivity index (χ1v) is 10.5. The van der Waals surface area contributed by atoms with Gasteiger partial charge in [0.1, 0.15) is 11.6 Å². The predicted molar refractivity (Wildman–Crippen MR) is 115 cm³/mol. The Morgan fingerprint density at radius 1 is 1.00 bits per heavy atom. The van der Waals surface area contributed by atoms with Crippen molar-refractivity contribution in [2.45, 2.75) is 19.5 Å². The Bertz CT molecular complexity index is 1070. The molecule has 0 radical (unpaired) electrons. The SMILES string of the molecule is O=C(Cc1cnc(-c2ccc(CN3CCOCC3)cc2F)nc1)NCc1cccc(F)c1. The second kappa shape index (κ2) is 10.4. The minimum Gasteiger partial charge on any atom is -0.379 e. The molecular formula is C24H24F2N4O2. The van der Waals surface area contributed by atoms with Crippen LogP contribution >= 0.6 is 0 Å². The molecule has 0 atom stereocenters. The van der Waals surface area contributed by atoms with Crippen molar-refractivity contribution < 1.29 is 18.3 Å². The van der Waals surface area contributed by atoms with Crippen molar-refractivity contribution in [3.63, 3.8) is 0 Å². The van der Waals surface area contributed by atoms with Gasteiger partial charge in [-0.25, -0.2) is 18.7 Å². The van der Waals surface area contributed by atoms with Crippen LogP contribution in [0, 0.1) is 11.6 Å². The van der Waals surface area contributed by atoms with Crippen LogP contribution in [0.1, 0.15) is 16.7 Å². The largest absolute Gasteiger partial charge is 0.379 e. The van der Waals surface area contributed by atoms with E-state index in [0.717, 1.165) is 18.7 Å². The van der Waals surface area contributed by atoms with Gasteiger partial charge in [-0.05, 0) is 41.0 Å². The Balaban J connectivity index is 1.34. The van der Waals surface area contributed by atoms with Crippen molar-refractivity contribution in [1.29, 1.82) is 0 Å². The van der Waals surface area contributed by atoms with E-state index in [0.29, 0.717) is 36.4 Å². The first kappa shape index (κ1) is 22.0. The van der Waals surface area contributed by atoms with Crippen LogP contribution in [0.5, 0.6) is 0 Å². The number of nitrogens with zero attached hydrogens (tertiary/aromatic N) is 3. The van der Waals surface area contributed by atoms with Crippen molar-refractivity contribution in [1.82, 2.24) is 20.2 Å².